The largest absolute Gasteiger partial charge is 0.452 e. The first-order valence-electron chi connectivity index (χ1n) is 7.91. The van der Waals surface area contributed by atoms with E-state index in [1.54, 1.807) is 11.3 Å². The number of ether oxygens (including phenoxy) is 1. The SMILES string of the molecule is CCCNC(=O)CNC(=O)COC(=O)c1csc2c1CCCC2. The summed E-state index contributed by atoms with van der Waals surface area (Å²) in [6.07, 6.45) is 4.98. The van der Waals surface area contributed by atoms with Crippen LogP contribution in [0.25, 0.3) is 0 Å². The molecule has 0 aromatic carbocycles. The zero-order valence-corrected chi connectivity index (χ0v) is 14.1. The summed E-state index contributed by atoms with van der Waals surface area (Å²) in [6.45, 7) is 2.04. The molecule has 2 N–H and O–H groups in total. The minimum Gasteiger partial charge on any atom is -0.452 e. The van der Waals surface area contributed by atoms with Crippen LogP contribution in [0.3, 0.4) is 0 Å². The van der Waals surface area contributed by atoms with Crippen LogP contribution in [0.2, 0.25) is 0 Å². The van der Waals surface area contributed by atoms with E-state index in [-0.39, 0.29) is 19.1 Å². The lowest BCUT2D eigenvalue weighted by atomic mass is 9.96. The van der Waals surface area contributed by atoms with Gasteiger partial charge in [-0.3, -0.25) is 9.59 Å². The van der Waals surface area contributed by atoms with E-state index >= 15 is 0 Å². The van der Waals surface area contributed by atoms with Gasteiger partial charge in [0, 0.05) is 16.8 Å². The molecule has 0 aliphatic heterocycles. The van der Waals surface area contributed by atoms with Crippen molar-refractivity contribution < 1.29 is 19.1 Å². The molecule has 6 nitrogen and oxygen atoms in total. The van der Waals surface area contributed by atoms with Gasteiger partial charge < -0.3 is 15.4 Å². The average Bonchev–Trinajstić information content (AvgIpc) is 3.00. The predicted octanol–water partition coefficient (Wildman–Crippen LogP) is 1.43. The van der Waals surface area contributed by atoms with Crippen molar-refractivity contribution >= 4 is 29.1 Å². The number of fused-ring (bicyclic) bond motifs is 1. The van der Waals surface area contributed by atoms with E-state index in [2.05, 4.69) is 10.6 Å². The number of hydrogen-bond donors (Lipinski definition) is 2. The highest BCUT2D eigenvalue weighted by Crippen LogP contribution is 2.30. The quantitative estimate of drug-likeness (QED) is 0.737. The highest BCUT2D eigenvalue weighted by Gasteiger charge is 2.21. The Morgan fingerprint density at radius 1 is 1.17 bits per heavy atom. The van der Waals surface area contributed by atoms with Gasteiger partial charge in [-0.2, -0.15) is 0 Å². The van der Waals surface area contributed by atoms with E-state index in [1.807, 2.05) is 12.3 Å². The number of carbonyl (C=O) groups excluding carboxylic acids is 3. The van der Waals surface area contributed by atoms with Crippen molar-refractivity contribution in [1.29, 1.82) is 0 Å². The van der Waals surface area contributed by atoms with Gasteiger partial charge in [-0.15, -0.1) is 11.3 Å². The van der Waals surface area contributed by atoms with Gasteiger partial charge in [0.25, 0.3) is 5.91 Å². The third-order valence-corrected chi connectivity index (χ3v) is 4.72. The summed E-state index contributed by atoms with van der Waals surface area (Å²) in [4.78, 5) is 36.3. The van der Waals surface area contributed by atoms with Crippen molar-refractivity contribution in [2.24, 2.45) is 0 Å². The molecule has 126 valence electrons. The van der Waals surface area contributed by atoms with E-state index < -0.39 is 11.9 Å². The van der Waals surface area contributed by atoms with Crippen LogP contribution >= 0.6 is 11.3 Å². The Morgan fingerprint density at radius 3 is 2.74 bits per heavy atom. The summed E-state index contributed by atoms with van der Waals surface area (Å²) in [5.74, 6) is -1.19. The molecule has 2 amide bonds. The molecule has 1 aromatic rings. The molecule has 0 bridgehead atoms. The molecule has 1 heterocycles. The monoisotopic (exact) mass is 338 g/mol. The fourth-order valence-corrected chi connectivity index (χ4v) is 3.55. The maximum atomic E-state index is 12.1. The van der Waals surface area contributed by atoms with E-state index in [0.29, 0.717) is 12.1 Å². The summed E-state index contributed by atoms with van der Waals surface area (Å²) in [5.41, 5.74) is 1.66. The van der Waals surface area contributed by atoms with Gasteiger partial charge in [-0.1, -0.05) is 6.92 Å². The van der Waals surface area contributed by atoms with Crippen molar-refractivity contribution in [2.45, 2.75) is 39.0 Å². The number of esters is 1. The van der Waals surface area contributed by atoms with Crippen molar-refractivity contribution in [2.75, 3.05) is 19.7 Å². The molecule has 23 heavy (non-hydrogen) atoms. The Kier molecular flexibility index (Phi) is 6.58. The normalized spacial score (nSPS) is 13.1. The first-order valence-corrected chi connectivity index (χ1v) is 8.79. The average molecular weight is 338 g/mol. The van der Waals surface area contributed by atoms with Gasteiger partial charge in [-0.05, 0) is 37.7 Å². The number of carbonyl (C=O) groups is 3. The molecule has 0 saturated heterocycles. The second-order valence-electron chi connectivity index (χ2n) is 5.46. The Bertz CT molecular complexity index is 583. The van der Waals surface area contributed by atoms with Gasteiger partial charge in [0.15, 0.2) is 6.61 Å². The van der Waals surface area contributed by atoms with Crippen molar-refractivity contribution in [3.05, 3.63) is 21.4 Å². The van der Waals surface area contributed by atoms with Gasteiger partial charge in [0.2, 0.25) is 5.91 Å². The van der Waals surface area contributed by atoms with Crippen LogP contribution in [-0.2, 0) is 27.2 Å². The molecule has 1 aromatic heterocycles. The second kappa shape index (κ2) is 8.67. The molecule has 0 spiro atoms. The molecular weight excluding hydrogens is 316 g/mol. The molecule has 0 radical (unpaired) electrons. The number of nitrogens with one attached hydrogen (secondary N) is 2. The predicted molar refractivity (Wildman–Crippen MR) is 87.6 cm³/mol. The fourth-order valence-electron chi connectivity index (χ4n) is 2.43. The lowest BCUT2D eigenvalue weighted by molar-refractivity contribution is -0.127. The lowest BCUT2D eigenvalue weighted by Crippen LogP contribution is -2.38. The summed E-state index contributed by atoms with van der Waals surface area (Å²) in [5, 5.41) is 6.89. The van der Waals surface area contributed by atoms with Crippen LogP contribution in [0, 0.1) is 0 Å². The number of thiophene rings is 1. The van der Waals surface area contributed by atoms with Crippen molar-refractivity contribution in [3.8, 4) is 0 Å². The van der Waals surface area contributed by atoms with E-state index in [0.717, 1.165) is 37.7 Å². The number of amides is 2. The third kappa shape index (κ3) is 5.06. The highest BCUT2D eigenvalue weighted by atomic mass is 32.1. The van der Waals surface area contributed by atoms with Crippen LogP contribution < -0.4 is 10.6 Å². The van der Waals surface area contributed by atoms with Crippen LogP contribution in [0.5, 0.6) is 0 Å². The molecule has 0 atom stereocenters. The van der Waals surface area contributed by atoms with Gasteiger partial charge in [0.05, 0.1) is 12.1 Å². The summed E-state index contributed by atoms with van der Waals surface area (Å²) in [7, 11) is 0. The highest BCUT2D eigenvalue weighted by molar-refractivity contribution is 7.10. The molecular formula is C16H22N2O4S. The number of aryl methyl sites for hydroxylation is 1. The molecule has 0 saturated carbocycles. The minimum absolute atomic E-state index is 0.107. The topological polar surface area (TPSA) is 84.5 Å². The Labute approximate surface area is 139 Å². The van der Waals surface area contributed by atoms with Crippen molar-refractivity contribution in [1.82, 2.24) is 10.6 Å². The zero-order valence-electron chi connectivity index (χ0n) is 13.3. The van der Waals surface area contributed by atoms with Gasteiger partial charge in [-0.25, -0.2) is 4.79 Å². The Morgan fingerprint density at radius 2 is 1.96 bits per heavy atom. The Balaban J connectivity index is 1.75. The summed E-state index contributed by atoms with van der Waals surface area (Å²) >= 11 is 1.58. The van der Waals surface area contributed by atoms with Crippen LogP contribution in [-0.4, -0.2) is 37.5 Å². The van der Waals surface area contributed by atoms with Crippen LogP contribution in [0.1, 0.15) is 47.0 Å². The Hall–Kier alpha value is -1.89. The maximum absolute atomic E-state index is 12.1. The molecule has 0 fully saturated rings. The summed E-state index contributed by atoms with van der Waals surface area (Å²) < 4.78 is 5.05. The molecule has 0 unspecified atom stereocenters. The van der Waals surface area contributed by atoms with Crippen LogP contribution in [0.15, 0.2) is 5.38 Å². The minimum atomic E-state index is -0.478. The standard InChI is InChI=1S/C16H22N2O4S/c1-2-7-17-14(19)8-18-15(20)9-22-16(21)12-10-23-13-6-4-3-5-11(12)13/h10H,2-9H2,1H3,(H,17,19)(H,18,20). The first-order chi connectivity index (χ1) is 11.1. The molecule has 1 aliphatic rings. The van der Waals surface area contributed by atoms with Crippen molar-refractivity contribution in [3.63, 3.8) is 0 Å². The molecule has 1 aliphatic carbocycles. The fraction of sp³-hybridized carbons (Fsp3) is 0.562. The van der Waals surface area contributed by atoms with E-state index in [9.17, 15) is 14.4 Å². The van der Waals surface area contributed by atoms with E-state index in [4.69, 9.17) is 4.74 Å². The molecule has 7 heteroatoms. The first kappa shape index (κ1) is 17.5. The lowest BCUT2D eigenvalue weighted by Gasteiger charge is -2.12. The number of hydrogen-bond acceptors (Lipinski definition) is 5. The smallest absolute Gasteiger partial charge is 0.339 e. The van der Waals surface area contributed by atoms with E-state index in [1.165, 1.54) is 4.88 Å². The summed E-state index contributed by atoms with van der Waals surface area (Å²) in [6, 6.07) is 0. The third-order valence-electron chi connectivity index (χ3n) is 3.63. The zero-order chi connectivity index (χ0) is 16.7. The van der Waals surface area contributed by atoms with Gasteiger partial charge in [0.1, 0.15) is 0 Å². The molecule has 2 rings (SSSR count). The van der Waals surface area contributed by atoms with Gasteiger partial charge >= 0.3 is 5.97 Å². The van der Waals surface area contributed by atoms with Crippen LogP contribution in [0.4, 0.5) is 0 Å². The number of rotatable bonds is 7. The second-order valence-corrected chi connectivity index (χ2v) is 6.43. The maximum Gasteiger partial charge on any atom is 0.339 e.